The number of carbonyl (C=O) groups is 2. The predicted octanol–water partition coefficient (Wildman–Crippen LogP) is 1.49. The van der Waals surface area contributed by atoms with Crippen molar-refractivity contribution in [3.8, 4) is 5.75 Å². The lowest BCUT2D eigenvalue weighted by Crippen LogP contribution is -2.39. The number of benzene rings is 2. The lowest BCUT2D eigenvalue weighted by Gasteiger charge is -2.36. The molecular weight excluding hydrogens is 569 g/mol. The van der Waals surface area contributed by atoms with Crippen LogP contribution in [0.1, 0.15) is 31.7 Å². The molecule has 1 aliphatic carbocycles. The quantitative estimate of drug-likeness (QED) is 0.144. The largest absolute Gasteiger partial charge is 0.507 e. The Kier molecular flexibility index (Phi) is 9.10. The molecule has 4 rings (SSSR count). The highest BCUT2D eigenvalue weighted by molar-refractivity contribution is 9.10. The first-order chi connectivity index (χ1) is 18.6. The molecule has 1 heterocycles. The van der Waals surface area contributed by atoms with Gasteiger partial charge in [0.1, 0.15) is 5.75 Å². The first kappa shape index (κ1) is 29.2. The van der Waals surface area contributed by atoms with Crippen molar-refractivity contribution in [3.05, 3.63) is 69.2 Å². The molecule has 9 nitrogen and oxygen atoms in total. The number of nitrogens with zero attached hydrogens (tertiary/aromatic N) is 1. The van der Waals surface area contributed by atoms with Gasteiger partial charge in [-0.1, -0.05) is 39.7 Å². The molecule has 206 valence electrons. The number of phenols is 1. The minimum atomic E-state index is -1.78. The topological polar surface area (TPSA) is 159 Å². The Hall–Kier alpha value is -2.80. The van der Waals surface area contributed by atoms with Gasteiger partial charge in [0.25, 0.3) is 0 Å². The minimum absolute atomic E-state index is 0.0637. The summed E-state index contributed by atoms with van der Waals surface area (Å²) in [7, 11) is -1.78. The van der Waals surface area contributed by atoms with Crippen molar-refractivity contribution in [2.75, 3.05) is 18.1 Å². The van der Waals surface area contributed by atoms with Crippen LogP contribution in [0.4, 0.5) is 5.69 Å². The molecule has 0 saturated carbocycles. The summed E-state index contributed by atoms with van der Waals surface area (Å²) >= 11 is 3.38. The molecule has 11 heteroatoms. The zero-order valence-electron chi connectivity index (χ0n) is 21.4. The summed E-state index contributed by atoms with van der Waals surface area (Å²) in [6, 6.07) is 10.9. The van der Waals surface area contributed by atoms with Crippen molar-refractivity contribution < 1.29 is 40.1 Å². The number of phenolic OH excluding ortho intramolecular Hbond substituents is 1. The van der Waals surface area contributed by atoms with Crippen LogP contribution in [0.25, 0.3) is 6.08 Å². The number of fused-ring (bicyclic) bond motifs is 1. The number of allylic oxidation sites excluding steroid dienone is 1. The van der Waals surface area contributed by atoms with Crippen LogP contribution >= 0.6 is 15.9 Å². The van der Waals surface area contributed by atoms with Crippen molar-refractivity contribution in [2.24, 2.45) is 17.8 Å². The number of rotatable bonds is 9. The molecule has 39 heavy (non-hydrogen) atoms. The van der Waals surface area contributed by atoms with Gasteiger partial charge in [-0.25, -0.2) is 0 Å². The van der Waals surface area contributed by atoms with E-state index < -0.39 is 56.0 Å². The van der Waals surface area contributed by atoms with Crippen LogP contribution in [0.3, 0.4) is 0 Å². The monoisotopic (exact) mass is 599 g/mol. The lowest BCUT2D eigenvalue weighted by atomic mass is 9.68. The first-order valence-electron chi connectivity index (χ1n) is 12.7. The van der Waals surface area contributed by atoms with Gasteiger partial charge in [0.15, 0.2) is 0 Å². The molecule has 2 aliphatic rings. The molecule has 0 bridgehead atoms. The van der Waals surface area contributed by atoms with Crippen molar-refractivity contribution in [2.45, 2.75) is 32.3 Å². The van der Waals surface area contributed by atoms with E-state index in [1.165, 1.54) is 24.3 Å². The van der Waals surface area contributed by atoms with Crippen LogP contribution in [0, 0.1) is 17.8 Å². The summed E-state index contributed by atoms with van der Waals surface area (Å²) in [6.07, 6.45) is 1.48. The highest BCUT2D eigenvalue weighted by Crippen LogP contribution is 2.47. The van der Waals surface area contributed by atoms with E-state index in [-0.39, 0.29) is 29.7 Å². The van der Waals surface area contributed by atoms with E-state index in [2.05, 4.69) is 15.9 Å². The van der Waals surface area contributed by atoms with Crippen molar-refractivity contribution >= 4 is 52.1 Å². The maximum atomic E-state index is 13.6. The number of amides is 2. The summed E-state index contributed by atoms with van der Waals surface area (Å²) in [5.74, 6) is -3.55. The van der Waals surface area contributed by atoms with Gasteiger partial charge in [0, 0.05) is 16.0 Å². The van der Waals surface area contributed by atoms with Gasteiger partial charge in [-0.3, -0.25) is 14.5 Å². The molecular formula is C28H31BBrNO8. The molecule has 0 unspecified atom stereocenters. The van der Waals surface area contributed by atoms with Crippen LogP contribution < -0.4 is 10.4 Å². The fourth-order valence-electron chi connectivity index (χ4n) is 5.68. The van der Waals surface area contributed by atoms with Gasteiger partial charge in [0.2, 0.25) is 11.8 Å². The molecule has 4 atom stereocenters. The molecule has 1 saturated heterocycles. The van der Waals surface area contributed by atoms with Gasteiger partial charge in [-0.2, -0.15) is 0 Å². The SMILES string of the molecule is C/C(=C\c1cc(Br)ccc1O)CC[C@@H](O)C1=C(CO)C[C@H]2C(=O)N(c3cccc(B(O)O)c3)C(=O)[C@H]2[C@H]1CO. The third kappa shape index (κ3) is 5.89. The van der Waals surface area contributed by atoms with Crippen LogP contribution in [-0.2, 0) is 9.59 Å². The molecule has 2 amide bonds. The van der Waals surface area contributed by atoms with Crippen LogP contribution in [0.2, 0.25) is 0 Å². The van der Waals surface area contributed by atoms with E-state index in [0.717, 1.165) is 14.9 Å². The molecule has 2 aromatic carbocycles. The van der Waals surface area contributed by atoms with Crippen LogP contribution in [0.15, 0.2) is 63.7 Å². The van der Waals surface area contributed by atoms with Crippen molar-refractivity contribution in [1.82, 2.24) is 0 Å². The normalized spacial score (nSPS) is 22.4. The Labute approximate surface area is 235 Å². The Morgan fingerprint density at radius 2 is 1.90 bits per heavy atom. The standard InChI is InChI=1S/C28H31BBrNO8/c1-15(9-16-10-19(30)6-8-23(16)34)5-7-24(35)25-17(13-32)11-21-26(22(25)14-33)28(37)31(27(21)36)20-4-2-3-18(12-20)29(38)39/h2-4,6,8-10,12,21-22,24,26,32-35,38-39H,5,7,11,13-14H2,1H3/b15-9+/t21-,22+,24-,26-/m1/s1. The van der Waals surface area contributed by atoms with Gasteiger partial charge < -0.3 is 30.5 Å². The summed E-state index contributed by atoms with van der Waals surface area (Å²) in [5, 5.41) is 60.9. The van der Waals surface area contributed by atoms with Crippen molar-refractivity contribution in [1.29, 1.82) is 0 Å². The number of imide groups is 1. The van der Waals surface area contributed by atoms with E-state index in [9.17, 15) is 40.1 Å². The number of anilines is 1. The van der Waals surface area contributed by atoms with Crippen LogP contribution in [-0.4, -0.2) is 68.7 Å². The summed E-state index contributed by atoms with van der Waals surface area (Å²) in [5.41, 5.74) is 2.61. The predicted molar refractivity (Wildman–Crippen MR) is 150 cm³/mol. The Morgan fingerprint density at radius 3 is 2.56 bits per heavy atom. The number of aromatic hydroxyl groups is 1. The maximum Gasteiger partial charge on any atom is 0.488 e. The summed E-state index contributed by atoms with van der Waals surface area (Å²) < 4.78 is 0.809. The highest BCUT2D eigenvalue weighted by Gasteiger charge is 2.55. The van der Waals surface area contributed by atoms with Crippen molar-refractivity contribution in [3.63, 3.8) is 0 Å². The summed E-state index contributed by atoms with van der Waals surface area (Å²) in [6.45, 7) is 0.934. The molecule has 6 N–H and O–H groups in total. The van der Waals surface area contributed by atoms with E-state index in [1.807, 2.05) is 13.0 Å². The number of aliphatic hydroxyl groups is 3. The molecule has 1 fully saturated rings. The smallest absolute Gasteiger partial charge is 0.488 e. The third-order valence-corrected chi connectivity index (χ3v) is 8.05. The second-order valence-electron chi connectivity index (χ2n) is 10.1. The van der Waals surface area contributed by atoms with Gasteiger partial charge in [-0.05, 0) is 73.1 Å². The van der Waals surface area contributed by atoms with E-state index in [4.69, 9.17) is 0 Å². The molecule has 1 aliphatic heterocycles. The Balaban J connectivity index is 1.58. The number of hydrogen-bond acceptors (Lipinski definition) is 8. The molecule has 0 aromatic heterocycles. The zero-order chi connectivity index (χ0) is 28.4. The second-order valence-corrected chi connectivity index (χ2v) is 11.0. The first-order valence-corrected chi connectivity index (χ1v) is 13.5. The Bertz CT molecular complexity index is 1330. The number of hydrogen-bond donors (Lipinski definition) is 6. The van der Waals surface area contributed by atoms with E-state index >= 15 is 0 Å². The average Bonchev–Trinajstić information content (AvgIpc) is 3.17. The third-order valence-electron chi connectivity index (χ3n) is 7.56. The summed E-state index contributed by atoms with van der Waals surface area (Å²) in [4.78, 5) is 27.9. The Morgan fingerprint density at radius 1 is 1.15 bits per heavy atom. The highest BCUT2D eigenvalue weighted by atomic mass is 79.9. The van der Waals surface area contributed by atoms with E-state index in [0.29, 0.717) is 23.1 Å². The minimum Gasteiger partial charge on any atom is -0.507 e. The average molecular weight is 600 g/mol. The number of aliphatic hydroxyl groups excluding tert-OH is 3. The molecule has 0 radical (unpaired) electrons. The molecule has 2 aromatic rings. The lowest BCUT2D eigenvalue weighted by molar-refractivity contribution is -0.123. The number of halogens is 1. The fourth-order valence-corrected chi connectivity index (χ4v) is 6.06. The fraction of sp³-hybridized carbons (Fsp3) is 0.357. The van der Waals surface area contributed by atoms with Gasteiger partial charge >= 0.3 is 7.12 Å². The van der Waals surface area contributed by atoms with E-state index in [1.54, 1.807) is 18.2 Å². The maximum absolute atomic E-state index is 13.6. The second kappa shape index (κ2) is 12.2. The van der Waals surface area contributed by atoms with Gasteiger partial charge in [-0.15, -0.1) is 0 Å². The van der Waals surface area contributed by atoms with Gasteiger partial charge in [0.05, 0.1) is 36.8 Å². The van der Waals surface area contributed by atoms with Crippen LogP contribution in [0.5, 0.6) is 5.75 Å². The number of carbonyl (C=O) groups excluding carboxylic acids is 2. The zero-order valence-corrected chi connectivity index (χ0v) is 23.0. The molecule has 0 spiro atoms.